The maximum atomic E-state index is 6.27. The molecule has 0 aliphatic carbocycles. The molecule has 0 radical (unpaired) electrons. The van der Waals surface area contributed by atoms with Crippen LogP contribution in [0.2, 0.25) is 0 Å². The number of nitrogens with zero attached hydrogens (tertiary/aromatic N) is 3. The first-order valence-corrected chi connectivity index (χ1v) is 19.5. The molecule has 0 saturated heterocycles. The molecular formula is C51H31N3OS. The van der Waals surface area contributed by atoms with Gasteiger partial charge in [0.1, 0.15) is 11.2 Å². The van der Waals surface area contributed by atoms with Gasteiger partial charge in [-0.1, -0.05) is 164 Å². The van der Waals surface area contributed by atoms with Crippen molar-refractivity contribution in [2.24, 2.45) is 0 Å². The van der Waals surface area contributed by atoms with Gasteiger partial charge in [0, 0.05) is 47.6 Å². The van der Waals surface area contributed by atoms with Crippen molar-refractivity contribution in [3.63, 3.8) is 0 Å². The Morgan fingerprint density at radius 3 is 1.46 bits per heavy atom. The second-order valence-corrected chi connectivity index (χ2v) is 15.0. The highest BCUT2D eigenvalue weighted by molar-refractivity contribution is 7.26. The number of para-hydroxylation sites is 1. The van der Waals surface area contributed by atoms with Crippen molar-refractivity contribution in [3.8, 4) is 67.5 Å². The second-order valence-electron chi connectivity index (χ2n) is 14.0. The molecule has 0 aliphatic heterocycles. The Labute approximate surface area is 327 Å². The smallest absolute Gasteiger partial charge is 0.164 e. The van der Waals surface area contributed by atoms with Crippen LogP contribution in [0.5, 0.6) is 0 Å². The van der Waals surface area contributed by atoms with Crippen LogP contribution >= 0.6 is 11.3 Å². The molecule has 0 aliphatic rings. The van der Waals surface area contributed by atoms with Crippen LogP contribution in [0.4, 0.5) is 0 Å². The van der Waals surface area contributed by atoms with Gasteiger partial charge in [-0.15, -0.1) is 11.3 Å². The van der Waals surface area contributed by atoms with E-state index in [9.17, 15) is 0 Å². The molecule has 262 valence electrons. The number of thiophene rings is 1. The van der Waals surface area contributed by atoms with E-state index in [1.807, 2.05) is 41.7 Å². The monoisotopic (exact) mass is 733 g/mol. The van der Waals surface area contributed by atoms with Gasteiger partial charge >= 0.3 is 0 Å². The van der Waals surface area contributed by atoms with Gasteiger partial charge in [-0.2, -0.15) is 0 Å². The van der Waals surface area contributed by atoms with Gasteiger partial charge in [0.25, 0.3) is 0 Å². The molecule has 5 heteroatoms. The molecule has 3 aromatic heterocycles. The number of benzene rings is 8. The third-order valence-corrected chi connectivity index (χ3v) is 11.9. The predicted octanol–water partition coefficient (Wildman–Crippen LogP) is 14.1. The van der Waals surface area contributed by atoms with Crippen molar-refractivity contribution in [2.45, 2.75) is 0 Å². The SMILES string of the molecule is c1ccc(-c2cccc(-c3nc(-c4ccc(-c5cccc6c5sc5c(-c7ccccc7)cccc56)cc4)nc(-c4ccc5c(c4)oc4ccccc45)n3)c2)cc1. The van der Waals surface area contributed by atoms with Gasteiger partial charge < -0.3 is 4.42 Å². The molecule has 0 amide bonds. The van der Waals surface area contributed by atoms with Crippen molar-refractivity contribution in [1.29, 1.82) is 0 Å². The first-order valence-electron chi connectivity index (χ1n) is 18.7. The summed E-state index contributed by atoms with van der Waals surface area (Å²) >= 11 is 1.87. The van der Waals surface area contributed by atoms with E-state index in [4.69, 9.17) is 19.4 Å². The Hall–Kier alpha value is -7.21. The van der Waals surface area contributed by atoms with E-state index < -0.39 is 0 Å². The maximum absolute atomic E-state index is 6.27. The number of aromatic nitrogens is 3. The molecule has 4 nitrogen and oxygen atoms in total. The van der Waals surface area contributed by atoms with E-state index in [2.05, 4.69) is 158 Å². The minimum Gasteiger partial charge on any atom is -0.456 e. The molecular weight excluding hydrogens is 703 g/mol. The number of hydrogen-bond acceptors (Lipinski definition) is 5. The van der Waals surface area contributed by atoms with E-state index in [1.54, 1.807) is 0 Å². The fourth-order valence-electron chi connectivity index (χ4n) is 7.79. The summed E-state index contributed by atoms with van der Waals surface area (Å²) in [5, 5.41) is 4.71. The van der Waals surface area contributed by atoms with Gasteiger partial charge in [-0.05, 0) is 57.6 Å². The van der Waals surface area contributed by atoms with Gasteiger partial charge in [-0.25, -0.2) is 15.0 Å². The van der Waals surface area contributed by atoms with Crippen LogP contribution in [0, 0.1) is 0 Å². The summed E-state index contributed by atoms with van der Waals surface area (Å²) in [6.45, 7) is 0. The lowest BCUT2D eigenvalue weighted by molar-refractivity contribution is 0.669. The average molecular weight is 734 g/mol. The number of rotatable bonds is 6. The number of fused-ring (bicyclic) bond motifs is 6. The fourth-order valence-corrected chi connectivity index (χ4v) is 9.16. The van der Waals surface area contributed by atoms with Crippen LogP contribution in [-0.2, 0) is 0 Å². The number of furan rings is 1. The molecule has 0 unspecified atom stereocenters. The Morgan fingerprint density at radius 1 is 0.304 bits per heavy atom. The van der Waals surface area contributed by atoms with Crippen LogP contribution in [0.3, 0.4) is 0 Å². The summed E-state index contributed by atoms with van der Waals surface area (Å²) in [6.07, 6.45) is 0. The highest BCUT2D eigenvalue weighted by atomic mass is 32.1. The predicted molar refractivity (Wildman–Crippen MR) is 233 cm³/mol. The van der Waals surface area contributed by atoms with Crippen LogP contribution in [0.25, 0.3) is 110 Å². The van der Waals surface area contributed by atoms with Crippen LogP contribution < -0.4 is 0 Å². The van der Waals surface area contributed by atoms with E-state index in [-0.39, 0.29) is 0 Å². The zero-order chi connectivity index (χ0) is 37.0. The van der Waals surface area contributed by atoms with E-state index in [0.29, 0.717) is 17.5 Å². The molecule has 0 saturated carbocycles. The summed E-state index contributed by atoms with van der Waals surface area (Å²) in [5.74, 6) is 1.81. The molecule has 0 atom stereocenters. The van der Waals surface area contributed by atoms with Gasteiger partial charge in [-0.3, -0.25) is 0 Å². The summed E-state index contributed by atoms with van der Waals surface area (Å²) in [7, 11) is 0. The average Bonchev–Trinajstić information content (AvgIpc) is 3.85. The van der Waals surface area contributed by atoms with E-state index >= 15 is 0 Å². The van der Waals surface area contributed by atoms with Crippen molar-refractivity contribution in [2.75, 3.05) is 0 Å². The normalized spacial score (nSPS) is 11.6. The van der Waals surface area contributed by atoms with E-state index in [0.717, 1.165) is 55.3 Å². The largest absolute Gasteiger partial charge is 0.456 e. The van der Waals surface area contributed by atoms with Crippen molar-refractivity contribution in [1.82, 2.24) is 15.0 Å². The maximum Gasteiger partial charge on any atom is 0.164 e. The Morgan fingerprint density at radius 2 is 0.768 bits per heavy atom. The molecule has 0 fully saturated rings. The third-order valence-electron chi connectivity index (χ3n) is 10.6. The summed E-state index contributed by atoms with van der Waals surface area (Å²) in [5.41, 5.74) is 11.5. The zero-order valence-corrected chi connectivity index (χ0v) is 30.9. The molecule has 0 bridgehead atoms. The minimum atomic E-state index is 0.589. The van der Waals surface area contributed by atoms with Gasteiger partial charge in [0.05, 0.1) is 0 Å². The summed E-state index contributed by atoms with van der Waals surface area (Å²) in [6, 6.07) is 65.7. The molecule has 3 heterocycles. The fraction of sp³-hybridized carbons (Fsp3) is 0. The van der Waals surface area contributed by atoms with Crippen LogP contribution in [0.1, 0.15) is 0 Å². The Balaban J connectivity index is 1.03. The lowest BCUT2D eigenvalue weighted by atomic mass is 9.99. The number of hydrogen-bond donors (Lipinski definition) is 0. The molecule has 0 N–H and O–H groups in total. The second kappa shape index (κ2) is 13.3. The summed E-state index contributed by atoms with van der Waals surface area (Å²) < 4.78 is 8.86. The Bertz CT molecular complexity index is 3240. The van der Waals surface area contributed by atoms with Crippen molar-refractivity contribution < 1.29 is 4.42 Å². The molecule has 11 rings (SSSR count). The Kier molecular flexibility index (Phi) is 7.64. The summed E-state index contributed by atoms with van der Waals surface area (Å²) in [4.78, 5) is 15.3. The molecule has 56 heavy (non-hydrogen) atoms. The third kappa shape index (κ3) is 5.56. The highest BCUT2D eigenvalue weighted by Gasteiger charge is 2.17. The highest BCUT2D eigenvalue weighted by Crippen LogP contribution is 2.44. The minimum absolute atomic E-state index is 0.589. The standard InChI is InChI=1S/C51H31N3OS/c1-3-12-32(13-4-1)36-16-9-17-37(30-36)50-52-49(53-51(54-50)38-28-29-42-41-18-7-8-23-45(41)55-46(42)31-38)35-26-24-34(25-27-35)40-20-11-22-44-43-21-10-19-39(47(43)56-48(40)44)33-14-5-2-6-15-33/h1-31H. The first kappa shape index (κ1) is 32.2. The molecule has 11 aromatic rings. The van der Waals surface area contributed by atoms with Crippen molar-refractivity contribution >= 4 is 53.4 Å². The van der Waals surface area contributed by atoms with Gasteiger partial charge in [0.15, 0.2) is 17.5 Å². The van der Waals surface area contributed by atoms with Crippen LogP contribution in [0.15, 0.2) is 192 Å². The molecule has 8 aromatic carbocycles. The van der Waals surface area contributed by atoms with Crippen LogP contribution in [-0.4, -0.2) is 15.0 Å². The first-order chi connectivity index (χ1) is 27.7. The molecule has 0 spiro atoms. The van der Waals surface area contributed by atoms with E-state index in [1.165, 1.54) is 36.9 Å². The lowest BCUT2D eigenvalue weighted by Gasteiger charge is -2.10. The topological polar surface area (TPSA) is 51.8 Å². The zero-order valence-electron chi connectivity index (χ0n) is 30.1. The van der Waals surface area contributed by atoms with Crippen molar-refractivity contribution in [3.05, 3.63) is 188 Å². The van der Waals surface area contributed by atoms with Gasteiger partial charge in [0.2, 0.25) is 0 Å². The quantitative estimate of drug-likeness (QED) is 0.171. The lowest BCUT2D eigenvalue weighted by Crippen LogP contribution is -2.00.